The van der Waals surface area contributed by atoms with Gasteiger partial charge in [0.25, 0.3) is 0 Å². The minimum Gasteiger partial charge on any atom is -0.370 e. The standard InChI is InChI=1S/C22H27F2N7O/c1-13-14(2)27-20-19(26-13)18(15-4-6-22(23,24)7-5-15)28-21(29-20)31-8-9-32-17(12-31)16-10-25-30(3)11-16/h10-11,15,17H,4-9,12H2,1-3H3/t17-/m0/s1. The van der Waals surface area contributed by atoms with Crippen LogP contribution in [0.1, 0.15) is 60.4 Å². The number of hydrogen-bond acceptors (Lipinski definition) is 7. The lowest BCUT2D eigenvalue weighted by molar-refractivity contribution is -0.0384. The second-order valence-corrected chi connectivity index (χ2v) is 8.86. The molecular formula is C22H27F2N7O. The number of alkyl halides is 2. The molecule has 0 radical (unpaired) electrons. The molecule has 2 aliphatic rings. The number of aryl methyl sites for hydroxylation is 3. The highest BCUT2D eigenvalue weighted by atomic mass is 19.3. The quantitative estimate of drug-likeness (QED) is 0.611. The van der Waals surface area contributed by atoms with Crippen molar-refractivity contribution in [1.82, 2.24) is 29.7 Å². The number of rotatable bonds is 3. The molecule has 0 N–H and O–H groups in total. The van der Waals surface area contributed by atoms with E-state index in [0.29, 0.717) is 49.7 Å². The van der Waals surface area contributed by atoms with Gasteiger partial charge < -0.3 is 9.64 Å². The van der Waals surface area contributed by atoms with Crippen LogP contribution in [0.2, 0.25) is 0 Å². The number of ether oxygens (including phenoxy) is 1. The van der Waals surface area contributed by atoms with Crippen LogP contribution in [0.15, 0.2) is 12.4 Å². The van der Waals surface area contributed by atoms with E-state index in [0.717, 1.165) is 22.6 Å². The lowest BCUT2D eigenvalue weighted by Gasteiger charge is -2.33. The van der Waals surface area contributed by atoms with E-state index in [1.165, 1.54) is 0 Å². The highest BCUT2D eigenvalue weighted by Crippen LogP contribution is 2.42. The van der Waals surface area contributed by atoms with Gasteiger partial charge in [0, 0.05) is 44.1 Å². The molecule has 1 aliphatic carbocycles. The van der Waals surface area contributed by atoms with Crippen LogP contribution in [0, 0.1) is 13.8 Å². The van der Waals surface area contributed by atoms with Gasteiger partial charge in [0.15, 0.2) is 5.65 Å². The van der Waals surface area contributed by atoms with Crippen molar-refractivity contribution in [3.63, 3.8) is 0 Å². The monoisotopic (exact) mass is 443 g/mol. The zero-order valence-electron chi connectivity index (χ0n) is 18.6. The van der Waals surface area contributed by atoms with E-state index in [1.807, 2.05) is 27.1 Å². The summed E-state index contributed by atoms with van der Waals surface area (Å²) in [5.41, 5.74) is 4.50. The topological polar surface area (TPSA) is 81.9 Å². The van der Waals surface area contributed by atoms with Gasteiger partial charge in [-0.05, 0) is 26.7 Å². The first-order valence-corrected chi connectivity index (χ1v) is 11.0. The summed E-state index contributed by atoms with van der Waals surface area (Å²) in [6.45, 7) is 5.55. The molecule has 1 aliphatic heterocycles. The number of hydrogen-bond donors (Lipinski definition) is 0. The van der Waals surface area contributed by atoms with Crippen molar-refractivity contribution >= 4 is 17.1 Å². The second kappa shape index (κ2) is 7.99. The average Bonchev–Trinajstić information content (AvgIpc) is 3.21. The number of fused-ring (bicyclic) bond motifs is 1. The molecule has 2 fully saturated rings. The third-order valence-electron chi connectivity index (χ3n) is 6.51. The Morgan fingerprint density at radius 3 is 2.53 bits per heavy atom. The molecular weight excluding hydrogens is 416 g/mol. The largest absolute Gasteiger partial charge is 0.370 e. The summed E-state index contributed by atoms with van der Waals surface area (Å²) < 4.78 is 35.3. The lowest BCUT2D eigenvalue weighted by atomic mass is 9.84. The van der Waals surface area contributed by atoms with Crippen LogP contribution in [-0.4, -0.2) is 55.3 Å². The molecule has 0 aromatic carbocycles. The Kier molecular flexibility index (Phi) is 5.27. The summed E-state index contributed by atoms with van der Waals surface area (Å²) in [7, 11) is 1.87. The van der Waals surface area contributed by atoms with Crippen LogP contribution in [0.4, 0.5) is 14.7 Å². The van der Waals surface area contributed by atoms with Crippen molar-refractivity contribution in [2.24, 2.45) is 7.05 Å². The van der Waals surface area contributed by atoms with Crippen molar-refractivity contribution in [3.05, 3.63) is 35.0 Å². The summed E-state index contributed by atoms with van der Waals surface area (Å²) >= 11 is 0. The highest BCUT2D eigenvalue weighted by Gasteiger charge is 2.37. The molecule has 1 atom stereocenters. The lowest BCUT2D eigenvalue weighted by Crippen LogP contribution is -2.39. The van der Waals surface area contributed by atoms with Crippen LogP contribution in [0.25, 0.3) is 11.2 Å². The van der Waals surface area contributed by atoms with Crippen LogP contribution >= 0.6 is 0 Å². The third kappa shape index (κ3) is 4.03. The molecule has 10 heteroatoms. The van der Waals surface area contributed by atoms with E-state index in [2.05, 4.69) is 15.0 Å². The number of nitrogens with zero attached hydrogens (tertiary/aromatic N) is 7. The zero-order chi connectivity index (χ0) is 22.5. The Labute approximate surface area is 185 Å². The summed E-state index contributed by atoms with van der Waals surface area (Å²) in [6, 6.07) is 0. The summed E-state index contributed by atoms with van der Waals surface area (Å²) in [6.07, 6.45) is 4.12. The molecule has 0 spiro atoms. The van der Waals surface area contributed by atoms with Crippen LogP contribution in [0.3, 0.4) is 0 Å². The van der Waals surface area contributed by atoms with Crippen LogP contribution in [0.5, 0.6) is 0 Å². The van der Waals surface area contributed by atoms with E-state index in [4.69, 9.17) is 19.7 Å². The van der Waals surface area contributed by atoms with E-state index >= 15 is 0 Å². The van der Waals surface area contributed by atoms with Gasteiger partial charge in [0.05, 0.1) is 36.4 Å². The first-order chi connectivity index (χ1) is 15.3. The summed E-state index contributed by atoms with van der Waals surface area (Å²) in [5, 5.41) is 4.24. The second-order valence-electron chi connectivity index (χ2n) is 8.86. The van der Waals surface area contributed by atoms with Crippen LogP contribution in [-0.2, 0) is 11.8 Å². The fourth-order valence-electron chi connectivity index (χ4n) is 4.50. The molecule has 0 amide bonds. The molecule has 8 nitrogen and oxygen atoms in total. The molecule has 32 heavy (non-hydrogen) atoms. The molecule has 0 bridgehead atoms. The Morgan fingerprint density at radius 2 is 1.81 bits per heavy atom. The molecule has 1 saturated heterocycles. The van der Waals surface area contributed by atoms with Crippen LogP contribution < -0.4 is 4.90 Å². The molecule has 0 unspecified atom stereocenters. The van der Waals surface area contributed by atoms with Gasteiger partial charge >= 0.3 is 0 Å². The maximum Gasteiger partial charge on any atom is 0.248 e. The average molecular weight is 444 g/mol. The first kappa shape index (κ1) is 21.1. The Balaban J connectivity index is 1.52. The Morgan fingerprint density at radius 1 is 1.06 bits per heavy atom. The van der Waals surface area contributed by atoms with E-state index in [9.17, 15) is 8.78 Å². The number of halogens is 2. The van der Waals surface area contributed by atoms with Gasteiger partial charge in [-0.3, -0.25) is 4.68 Å². The number of anilines is 1. The summed E-state index contributed by atoms with van der Waals surface area (Å²) in [5.74, 6) is -2.12. The van der Waals surface area contributed by atoms with Gasteiger partial charge in [-0.25, -0.2) is 23.7 Å². The van der Waals surface area contributed by atoms with E-state index < -0.39 is 5.92 Å². The molecule has 4 heterocycles. The molecule has 3 aromatic rings. The van der Waals surface area contributed by atoms with Gasteiger partial charge in [-0.15, -0.1) is 0 Å². The SMILES string of the molecule is Cc1nc2nc(N3CCO[C@H](c4cnn(C)c4)C3)nc(C3CCC(F)(F)CC3)c2nc1C. The van der Waals surface area contributed by atoms with Crippen molar-refractivity contribution in [2.45, 2.75) is 57.5 Å². The Hall–Kier alpha value is -2.75. The van der Waals surface area contributed by atoms with E-state index in [-0.39, 0.29) is 24.9 Å². The Bertz CT molecular complexity index is 1140. The highest BCUT2D eigenvalue weighted by molar-refractivity contribution is 5.75. The van der Waals surface area contributed by atoms with Gasteiger partial charge in [0.2, 0.25) is 11.9 Å². The fraction of sp³-hybridized carbons (Fsp3) is 0.591. The molecule has 170 valence electrons. The van der Waals surface area contributed by atoms with Gasteiger partial charge in [-0.2, -0.15) is 10.1 Å². The fourth-order valence-corrected chi connectivity index (χ4v) is 4.50. The van der Waals surface area contributed by atoms with Crippen molar-refractivity contribution in [3.8, 4) is 0 Å². The van der Waals surface area contributed by atoms with Crippen molar-refractivity contribution in [2.75, 3.05) is 24.6 Å². The first-order valence-electron chi connectivity index (χ1n) is 11.0. The third-order valence-corrected chi connectivity index (χ3v) is 6.51. The smallest absolute Gasteiger partial charge is 0.248 e. The zero-order valence-corrected chi connectivity index (χ0v) is 18.6. The van der Waals surface area contributed by atoms with Gasteiger partial charge in [0.1, 0.15) is 11.6 Å². The minimum atomic E-state index is -2.60. The predicted octanol–water partition coefficient (Wildman–Crippen LogP) is 3.64. The molecule has 1 saturated carbocycles. The normalized spacial score (nSPS) is 21.9. The predicted molar refractivity (Wildman–Crippen MR) is 115 cm³/mol. The maximum absolute atomic E-state index is 13.8. The number of morpholine rings is 1. The van der Waals surface area contributed by atoms with E-state index in [1.54, 1.807) is 10.9 Å². The van der Waals surface area contributed by atoms with Crippen molar-refractivity contribution < 1.29 is 13.5 Å². The summed E-state index contributed by atoms with van der Waals surface area (Å²) in [4.78, 5) is 21.1. The maximum atomic E-state index is 13.8. The van der Waals surface area contributed by atoms with Gasteiger partial charge in [-0.1, -0.05) is 0 Å². The minimum absolute atomic E-state index is 0.0783. The molecule has 5 rings (SSSR count). The van der Waals surface area contributed by atoms with Crippen molar-refractivity contribution in [1.29, 1.82) is 0 Å². The number of aromatic nitrogens is 6. The molecule has 3 aromatic heterocycles.